The monoisotopic (exact) mass is 231 g/mol. The summed E-state index contributed by atoms with van der Waals surface area (Å²) in [5.74, 6) is 0.806. The van der Waals surface area contributed by atoms with Crippen LogP contribution in [0, 0.1) is 12.7 Å². The molecule has 88 valence electrons. The zero-order valence-corrected chi connectivity index (χ0v) is 9.87. The lowest BCUT2D eigenvalue weighted by molar-refractivity contribution is 0.628. The summed E-state index contributed by atoms with van der Waals surface area (Å²) in [6, 6.07) is 6.30. The second-order valence-electron chi connectivity index (χ2n) is 3.91. The summed E-state index contributed by atoms with van der Waals surface area (Å²) in [5, 5.41) is 0. The summed E-state index contributed by atoms with van der Waals surface area (Å²) in [7, 11) is 0. The largest absolute Gasteiger partial charge is 0.384 e. The lowest BCUT2D eigenvalue weighted by Gasteiger charge is -2.07. The molecule has 1 heterocycles. The molecule has 0 aliphatic carbocycles. The number of nitrogen functional groups attached to an aromatic ring is 1. The Hall–Kier alpha value is -1.97. The molecule has 1 aromatic heterocycles. The Labute approximate surface area is 99.5 Å². The molecule has 2 aromatic rings. The number of halogens is 1. The Morgan fingerprint density at radius 2 is 2.00 bits per heavy atom. The summed E-state index contributed by atoms with van der Waals surface area (Å²) in [6.07, 6.45) is 0.701. The van der Waals surface area contributed by atoms with Crippen molar-refractivity contribution in [2.24, 2.45) is 0 Å². The Morgan fingerprint density at radius 3 is 2.71 bits per heavy atom. The number of nitrogens with two attached hydrogens (primary N) is 1. The van der Waals surface area contributed by atoms with E-state index in [1.807, 2.05) is 13.8 Å². The van der Waals surface area contributed by atoms with Crippen molar-refractivity contribution in [3.63, 3.8) is 0 Å². The van der Waals surface area contributed by atoms with Crippen LogP contribution in [-0.4, -0.2) is 9.97 Å². The molecule has 0 saturated carbocycles. The molecule has 0 bridgehead atoms. The van der Waals surface area contributed by atoms with E-state index < -0.39 is 0 Å². The molecule has 0 fully saturated rings. The highest BCUT2D eigenvalue weighted by molar-refractivity contribution is 5.65. The van der Waals surface area contributed by atoms with Gasteiger partial charge in [-0.05, 0) is 24.6 Å². The van der Waals surface area contributed by atoms with E-state index in [2.05, 4.69) is 9.97 Å². The number of hydrogen-bond donors (Lipinski definition) is 1. The summed E-state index contributed by atoms with van der Waals surface area (Å²) < 4.78 is 13.2. The molecule has 17 heavy (non-hydrogen) atoms. The summed E-state index contributed by atoms with van der Waals surface area (Å²) >= 11 is 0. The van der Waals surface area contributed by atoms with Crippen LogP contribution in [0.25, 0.3) is 11.3 Å². The first-order valence-electron chi connectivity index (χ1n) is 5.50. The molecular formula is C13H14FN3. The Kier molecular flexibility index (Phi) is 3.04. The number of aromatic nitrogens is 2. The van der Waals surface area contributed by atoms with Crippen LogP contribution in [0.1, 0.15) is 18.3 Å². The molecule has 0 radical (unpaired) electrons. The molecular weight excluding hydrogens is 217 g/mol. The highest BCUT2D eigenvalue weighted by atomic mass is 19.1. The van der Waals surface area contributed by atoms with Gasteiger partial charge >= 0.3 is 0 Å². The van der Waals surface area contributed by atoms with E-state index >= 15 is 0 Å². The van der Waals surface area contributed by atoms with Crippen molar-refractivity contribution in [1.29, 1.82) is 0 Å². The Balaban J connectivity index is 2.59. The minimum absolute atomic E-state index is 0.277. The van der Waals surface area contributed by atoms with E-state index in [0.717, 1.165) is 11.1 Å². The summed E-state index contributed by atoms with van der Waals surface area (Å²) in [6.45, 7) is 3.87. The maximum absolute atomic E-state index is 13.2. The van der Waals surface area contributed by atoms with Gasteiger partial charge in [-0.15, -0.1) is 0 Å². The van der Waals surface area contributed by atoms with Gasteiger partial charge in [0.05, 0.1) is 5.69 Å². The van der Waals surface area contributed by atoms with Gasteiger partial charge in [0.15, 0.2) is 0 Å². The molecule has 2 N–H and O–H groups in total. The third-order valence-corrected chi connectivity index (χ3v) is 2.58. The van der Waals surface area contributed by atoms with E-state index in [1.54, 1.807) is 12.1 Å². The van der Waals surface area contributed by atoms with Crippen LogP contribution in [0.3, 0.4) is 0 Å². The van der Waals surface area contributed by atoms with Crippen LogP contribution in [-0.2, 0) is 6.42 Å². The van der Waals surface area contributed by atoms with Crippen molar-refractivity contribution in [1.82, 2.24) is 9.97 Å². The van der Waals surface area contributed by atoms with E-state index in [1.165, 1.54) is 12.1 Å². The first kappa shape index (κ1) is 11.5. The number of hydrogen-bond acceptors (Lipinski definition) is 3. The molecule has 0 unspecified atom stereocenters. The first-order chi connectivity index (χ1) is 8.10. The zero-order valence-electron chi connectivity index (χ0n) is 9.87. The van der Waals surface area contributed by atoms with Gasteiger partial charge in [0, 0.05) is 18.1 Å². The molecule has 3 nitrogen and oxygen atoms in total. The van der Waals surface area contributed by atoms with Crippen molar-refractivity contribution in [3.8, 4) is 11.3 Å². The maximum atomic E-state index is 13.2. The smallest absolute Gasteiger partial charge is 0.131 e. The molecule has 0 amide bonds. The zero-order chi connectivity index (χ0) is 12.4. The predicted octanol–water partition coefficient (Wildman–Crippen LogP) is 2.74. The van der Waals surface area contributed by atoms with Crippen molar-refractivity contribution in [3.05, 3.63) is 41.5 Å². The van der Waals surface area contributed by atoms with Gasteiger partial charge in [-0.3, -0.25) is 0 Å². The SMILES string of the molecule is CCc1nc(N)cc(-c2cc(F)ccc2C)n1. The number of anilines is 1. The van der Waals surface area contributed by atoms with Crippen LogP contribution in [0.2, 0.25) is 0 Å². The number of rotatable bonds is 2. The fourth-order valence-electron chi connectivity index (χ4n) is 1.68. The fraction of sp³-hybridized carbons (Fsp3) is 0.231. The van der Waals surface area contributed by atoms with E-state index in [9.17, 15) is 4.39 Å². The fourth-order valence-corrected chi connectivity index (χ4v) is 1.68. The summed E-state index contributed by atoms with van der Waals surface area (Å²) in [5.41, 5.74) is 8.11. The third-order valence-electron chi connectivity index (χ3n) is 2.58. The normalized spacial score (nSPS) is 10.5. The van der Waals surface area contributed by atoms with Crippen LogP contribution < -0.4 is 5.73 Å². The minimum Gasteiger partial charge on any atom is -0.384 e. The van der Waals surface area contributed by atoms with Crippen molar-refractivity contribution >= 4 is 5.82 Å². The van der Waals surface area contributed by atoms with Crippen molar-refractivity contribution in [2.75, 3.05) is 5.73 Å². The van der Waals surface area contributed by atoms with Gasteiger partial charge in [0.2, 0.25) is 0 Å². The number of aryl methyl sites for hydroxylation is 2. The van der Waals surface area contributed by atoms with Crippen molar-refractivity contribution < 1.29 is 4.39 Å². The van der Waals surface area contributed by atoms with E-state index in [4.69, 9.17) is 5.73 Å². The third kappa shape index (κ3) is 2.41. The molecule has 0 atom stereocenters. The molecule has 0 aliphatic rings. The average molecular weight is 231 g/mol. The van der Waals surface area contributed by atoms with Gasteiger partial charge in [0.1, 0.15) is 17.5 Å². The highest BCUT2D eigenvalue weighted by Gasteiger charge is 2.07. The van der Waals surface area contributed by atoms with Gasteiger partial charge in [-0.25, -0.2) is 14.4 Å². The van der Waals surface area contributed by atoms with E-state index in [0.29, 0.717) is 23.8 Å². The molecule has 0 aliphatic heterocycles. The van der Waals surface area contributed by atoms with Gasteiger partial charge in [-0.1, -0.05) is 13.0 Å². The molecule has 0 spiro atoms. The van der Waals surface area contributed by atoms with Crippen LogP contribution >= 0.6 is 0 Å². The molecule has 4 heteroatoms. The standard InChI is InChI=1S/C13H14FN3/c1-3-13-16-11(7-12(15)17-13)10-6-9(14)5-4-8(10)2/h4-7H,3H2,1-2H3,(H2,15,16,17). The topological polar surface area (TPSA) is 51.8 Å². The van der Waals surface area contributed by atoms with Crippen LogP contribution in [0.15, 0.2) is 24.3 Å². The molecule has 0 saturated heterocycles. The average Bonchev–Trinajstić information content (AvgIpc) is 2.31. The molecule has 2 rings (SSSR count). The molecule has 1 aromatic carbocycles. The lowest BCUT2D eigenvalue weighted by Crippen LogP contribution is -2.01. The van der Waals surface area contributed by atoms with Crippen molar-refractivity contribution in [2.45, 2.75) is 20.3 Å². The van der Waals surface area contributed by atoms with Crippen LogP contribution in [0.5, 0.6) is 0 Å². The summed E-state index contributed by atoms with van der Waals surface area (Å²) in [4.78, 5) is 8.47. The second kappa shape index (κ2) is 4.49. The second-order valence-corrected chi connectivity index (χ2v) is 3.91. The van der Waals surface area contributed by atoms with Gasteiger partial charge in [-0.2, -0.15) is 0 Å². The van der Waals surface area contributed by atoms with Crippen LogP contribution in [0.4, 0.5) is 10.2 Å². The highest BCUT2D eigenvalue weighted by Crippen LogP contribution is 2.23. The predicted molar refractivity (Wildman–Crippen MR) is 66.0 cm³/mol. The minimum atomic E-state index is -0.277. The van der Waals surface area contributed by atoms with E-state index in [-0.39, 0.29) is 5.82 Å². The van der Waals surface area contributed by atoms with Gasteiger partial charge in [0.25, 0.3) is 0 Å². The Morgan fingerprint density at radius 1 is 1.24 bits per heavy atom. The maximum Gasteiger partial charge on any atom is 0.131 e. The lowest BCUT2D eigenvalue weighted by atomic mass is 10.1. The number of nitrogens with zero attached hydrogens (tertiary/aromatic N) is 2. The quantitative estimate of drug-likeness (QED) is 0.864. The first-order valence-corrected chi connectivity index (χ1v) is 5.50. The van der Waals surface area contributed by atoms with Gasteiger partial charge < -0.3 is 5.73 Å². The Bertz CT molecular complexity index is 552. The number of benzene rings is 1.